The minimum Gasteiger partial charge on any atom is -0.457 e. The van der Waals surface area contributed by atoms with E-state index in [1.807, 2.05) is 30.3 Å². The van der Waals surface area contributed by atoms with Crippen molar-refractivity contribution in [3.8, 4) is 11.5 Å². The Morgan fingerprint density at radius 3 is 2.13 bits per heavy atom. The van der Waals surface area contributed by atoms with Crippen molar-refractivity contribution in [3.63, 3.8) is 0 Å². The number of hydrogen-bond acceptors (Lipinski definition) is 5. The van der Waals surface area contributed by atoms with E-state index in [9.17, 15) is 13.2 Å². The van der Waals surface area contributed by atoms with E-state index >= 15 is 0 Å². The van der Waals surface area contributed by atoms with Gasteiger partial charge in [-0.15, -0.1) is 0 Å². The van der Waals surface area contributed by atoms with Gasteiger partial charge in [-0.3, -0.25) is 9.10 Å². The van der Waals surface area contributed by atoms with E-state index in [4.69, 9.17) is 4.74 Å². The number of hydrogen-bond donors (Lipinski definition) is 1. The number of ether oxygens (including phenoxy) is 1. The molecule has 0 bridgehead atoms. The van der Waals surface area contributed by atoms with E-state index in [0.29, 0.717) is 17.2 Å². The molecule has 0 saturated heterocycles. The molecule has 1 aliphatic carbocycles. The molecule has 3 rings (SSSR count). The molecule has 166 valence electrons. The molecule has 1 N–H and O–H groups in total. The maximum atomic E-state index is 12.7. The largest absolute Gasteiger partial charge is 0.457 e. The Morgan fingerprint density at radius 1 is 0.968 bits per heavy atom. The molecule has 31 heavy (non-hydrogen) atoms. The lowest BCUT2D eigenvalue weighted by molar-refractivity contribution is -0.121. The summed E-state index contributed by atoms with van der Waals surface area (Å²) in [6.45, 7) is 1.55. The van der Waals surface area contributed by atoms with Crippen LogP contribution in [0.15, 0.2) is 59.7 Å². The zero-order valence-electron chi connectivity index (χ0n) is 18.0. The second-order valence-corrected chi connectivity index (χ2v) is 9.57. The standard InChI is InChI=1S/C23H29N3O4S/c1-18(23(27)25-24-19-10-6-3-4-7-11-19)26(31(2,28)29)20-14-16-22(17-15-20)30-21-12-8-5-9-13-21/h5,8-9,12-18H,3-4,6-7,10-11H2,1-2H3,(H,25,27)/t18-/m1/s1. The topological polar surface area (TPSA) is 88.1 Å². The molecular weight excluding hydrogens is 414 g/mol. The summed E-state index contributed by atoms with van der Waals surface area (Å²) in [5.74, 6) is 0.785. The fourth-order valence-corrected chi connectivity index (χ4v) is 4.75. The number of sulfonamides is 1. The van der Waals surface area contributed by atoms with Gasteiger partial charge in [0.1, 0.15) is 17.5 Å². The third-order valence-electron chi connectivity index (χ3n) is 5.16. The molecule has 1 fully saturated rings. The van der Waals surface area contributed by atoms with Gasteiger partial charge in [0.2, 0.25) is 10.0 Å². The normalized spacial score (nSPS) is 15.5. The lowest BCUT2D eigenvalue weighted by Gasteiger charge is -2.27. The van der Waals surface area contributed by atoms with E-state index < -0.39 is 22.0 Å². The van der Waals surface area contributed by atoms with Crippen molar-refractivity contribution in [2.24, 2.45) is 5.10 Å². The van der Waals surface area contributed by atoms with Gasteiger partial charge in [0.25, 0.3) is 5.91 Å². The second kappa shape index (κ2) is 10.4. The van der Waals surface area contributed by atoms with Gasteiger partial charge in [0, 0.05) is 5.71 Å². The van der Waals surface area contributed by atoms with E-state index in [1.54, 1.807) is 31.2 Å². The Balaban J connectivity index is 1.73. The number of carbonyl (C=O) groups is 1. The van der Waals surface area contributed by atoms with Crippen LogP contribution in [0.25, 0.3) is 0 Å². The van der Waals surface area contributed by atoms with Crippen LogP contribution in [-0.4, -0.2) is 32.3 Å². The molecular formula is C23H29N3O4S. The van der Waals surface area contributed by atoms with E-state index in [0.717, 1.165) is 42.0 Å². The maximum Gasteiger partial charge on any atom is 0.263 e. The van der Waals surface area contributed by atoms with Gasteiger partial charge in [-0.25, -0.2) is 13.8 Å². The molecule has 0 spiro atoms. The third kappa shape index (κ3) is 6.55. The number of nitrogens with one attached hydrogen (secondary N) is 1. The fraction of sp³-hybridized carbons (Fsp3) is 0.391. The SMILES string of the molecule is C[C@H](C(=O)NN=C1CCCCCC1)N(c1ccc(Oc2ccccc2)cc1)S(C)(=O)=O. The van der Waals surface area contributed by atoms with Gasteiger partial charge >= 0.3 is 0 Å². The molecule has 1 saturated carbocycles. The first-order chi connectivity index (χ1) is 14.8. The molecule has 0 aliphatic heterocycles. The molecule has 1 atom stereocenters. The highest BCUT2D eigenvalue weighted by molar-refractivity contribution is 7.92. The Labute approximate surface area is 184 Å². The Hall–Kier alpha value is -2.87. The van der Waals surface area contributed by atoms with Gasteiger partial charge in [-0.1, -0.05) is 31.0 Å². The summed E-state index contributed by atoms with van der Waals surface area (Å²) in [4.78, 5) is 12.7. The molecule has 2 aromatic carbocycles. The van der Waals surface area contributed by atoms with Gasteiger partial charge in [0.05, 0.1) is 11.9 Å². The molecule has 0 heterocycles. The molecule has 7 nitrogen and oxygen atoms in total. The summed E-state index contributed by atoms with van der Waals surface area (Å²) < 4.78 is 31.8. The summed E-state index contributed by atoms with van der Waals surface area (Å²) >= 11 is 0. The predicted octanol–water partition coefficient (Wildman–Crippen LogP) is 4.46. The molecule has 0 radical (unpaired) electrons. The molecule has 0 unspecified atom stereocenters. The first-order valence-corrected chi connectivity index (χ1v) is 12.4. The van der Waals surface area contributed by atoms with Crippen LogP contribution in [0.1, 0.15) is 45.4 Å². The quantitative estimate of drug-likeness (QED) is 0.505. The summed E-state index contributed by atoms with van der Waals surface area (Å²) in [6.07, 6.45) is 7.31. The van der Waals surface area contributed by atoms with Crippen molar-refractivity contribution in [2.45, 2.75) is 51.5 Å². The lowest BCUT2D eigenvalue weighted by atomic mass is 10.2. The highest BCUT2D eigenvalue weighted by atomic mass is 32.2. The molecule has 2 aromatic rings. The van der Waals surface area contributed by atoms with Gasteiger partial charge in [-0.05, 0) is 69.0 Å². The van der Waals surface area contributed by atoms with Crippen molar-refractivity contribution >= 4 is 27.3 Å². The number of amides is 1. The fourth-order valence-electron chi connectivity index (χ4n) is 3.57. The summed E-state index contributed by atoms with van der Waals surface area (Å²) in [5, 5.41) is 4.26. The molecule has 8 heteroatoms. The van der Waals surface area contributed by atoms with Gasteiger partial charge in [-0.2, -0.15) is 5.10 Å². The summed E-state index contributed by atoms with van der Waals surface area (Å²) in [6, 6.07) is 15.0. The Kier molecular flexibility index (Phi) is 7.68. The molecule has 1 aliphatic rings. The predicted molar refractivity (Wildman–Crippen MR) is 123 cm³/mol. The minimum absolute atomic E-state index is 0.382. The highest BCUT2D eigenvalue weighted by Gasteiger charge is 2.29. The van der Waals surface area contributed by atoms with E-state index in [-0.39, 0.29) is 0 Å². The molecule has 1 amide bonds. The van der Waals surface area contributed by atoms with Crippen molar-refractivity contribution in [2.75, 3.05) is 10.6 Å². The lowest BCUT2D eigenvalue weighted by Crippen LogP contribution is -2.46. The first kappa shape index (κ1) is 22.8. The number of carbonyl (C=O) groups excluding carboxylic acids is 1. The van der Waals surface area contributed by atoms with Crippen LogP contribution in [-0.2, 0) is 14.8 Å². The van der Waals surface area contributed by atoms with Gasteiger partial charge in [0.15, 0.2) is 0 Å². The van der Waals surface area contributed by atoms with Crippen molar-refractivity contribution in [3.05, 3.63) is 54.6 Å². The number of rotatable bonds is 7. The summed E-state index contributed by atoms with van der Waals surface area (Å²) in [5.41, 5.74) is 3.91. The maximum absolute atomic E-state index is 12.7. The van der Waals surface area contributed by atoms with Crippen LogP contribution in [0.2, 0.25) is 0 Å². The first-order valence-electron chi connectivity index (χ1n) is 10.5. The number of hydrazone groups is 1. The van der Waals surface area contributed by atoms with Crippen LogP contribution >= 0.6 is 0 Å². The zero-order chi connectivity index (χ0) is 22.3. The smallest absolute Gasteiger partial charge is 0.263 e. The Morgan fingerprint density at radius 2 is 1.55 bits per heavy atom. The number of para-hydroxylation sites is 1. The van der Waals surface area contributed by atoms with Crippen molar-refractivity contribution in [1.29, 1.82) is 0 Å². The number of nitrogens with zero attached hydrogens (tertiary/aromatic N) is 2. The van der Waals surface area contributed by atoms with Gasteiger partial charge < -0.3 is 4.74 Å². The van der Waals surface area contributed by atoms with E-state index in [1.165, 1.54) is 12.8 Å². The van der Waals surface area contributed by atoms with Crippen molar-refractivity contribution in [1.82, 2.24) is 5.43 Å². The number of anilines is 1. The van der Waals surface area contributed by atoms with Crippen LogP contribution in [0.4, 0.5) is 5.69 Å². The van der Waals surface area contributed by atoms with Crippen LogP contribution in [0.3, 0.4) is 0 Å². The molecule has 0 aromatic heterocycles. The van der Waals surface area contributed by atoms with Crippen LogP contribution in [0, 0.1) is 0 Å². The zero-order valence-corrected chi connectivity index (χ0v) is 18.8. The van der Waals surface area contributed by atoms with Crippen LogP contribution < -0.4 is 14.5 Å². The Bertz CT molecular complexity index is 995. The van der Waals surface area contributed by atoms with Crippen LogP contribution in [0.5, 0.6) is 11.5 Å². The average Bonchev–Trinajstić information content (AvgIpc) is 3.02. The van der Waals surface area contributed by atoms with E-state index in [2.05, 4.69) is 10.5 Å². The average molecular weight is 444 g/mol. The monoisotopic (exact) mass is 443 g/mol. The second-order valence-electron chi connectivity index (χ2n) is 7.71. The van der Waals surface area contributed by atoms with Crippen molar-refractivity contribution < 1.29 is 17.9 Å². The summed E-state index contributed by atoms with van der Waals surface area (Å²) in [7, 11) is -3.70. The number of benzene rings is 2. The highest BCUT2D eigenvalue weighted by Crippen LogP contribution is 2.27. The third-order valence-corrected chi connectivity index (χ3v) is 6.41. The minimum atomic E-state index is -3.70.